The Labute approximate surface area is 244 Å². The van der Waals surface area contributed by atoms with Crippen molar-refractivity contribution in [1.82, 2.24) is 9.78 Å². The van der Waals surface area contributed by atoms with Crippen molar-refractivity contribution in [2.45, 2.75) is 51.4 Å². The van der Waals surface area contributed by atoms with Gasteiger partial charge in [0.2, 0.25) is 10.0 Å². The molecule has 2 unspecified atom stereocenters. The van der Waals surface area contributed by atoms with Crippen LogP contribution in [-0.4, -0.2) is 43.5 Å². The molecule has 12 heteroatoms. The molecule has 0 bridgehead atoms. The number of anilines is 1. The van der Waals surface area contributed by atoms with Crippen molar-refractivity contribution in [3.05, 3.63) is 69.5 Å². The largest absolute Gasteiger partial charge is 0.489 e. The number of ether oxygens (including phenoxy) is 3. The topological polar surface area (TPSA) is 91.7 Å². The monoisotopic (exact) mass is 615 g/mol. The van der Waals surface area contributed by atoms with Gasteiger partial charge < -0.3 is 14.2 Å². The molecule has 1 saturated heterocycles. The normalized spacial score (nSPS) is 16.6. The second-order valence-electron chi connectivity index (χ2n) is 9.55. The summed E-state index contributed by atoms with van der Waals surface area (Å²) in [5.74, 6) is 1.63. The summed E-state index contributed by atoms with van der Waals surface area (Å²) in [6, 6.07) is 11.5. The highest BCUT2D eigenvalue weighted by atomic mass is 35.5. The molecular formula is C27H32Cl3N3O5S. The van der Waals surface area contributed by atoms with Gasteiger partial charge >= 0.3 is 0 Å². The van der Waals surface area contributed by atoms with E-state index in [0.29, 0.717) is 52.0 Å². The number of hydrogen-bond acceptors (Lipinski definition) is 6. The summed E-state index contributed by atoms with van der Waals surface area (Å²) in [7, 11) is -3.48. The van der Waals surface area contributed by atoms with Crippen molar-refractivity contribution in [3.8, 4) is 11.5 Å². The molecule has 4 rings (SSSR count). The lowest BCUT2D eigenvalue weighted by Gasteiger charge is -2.22. The average molecular weight is 617 g/mol. The zero-order chi connectivity index (χ0) is 28.0. The summed E-state index contributed by atoms with van der Waals surface area (Å²) >= 11 is 18.4. The Hall–Kier alpha value is -2.17. The standard InChI is InChI=1S/C27H32Cl3N3O5S/c1-18(13-19-14-22(29)27(23(30)15-19)37-12-10-28)20-6-8-21(9-7-20)38-17-25-24(32-39(2,34)35)16-33(31-25)26-5-3-4-11-36-26/h6-9,14-16,18,26,32H,3-5,10-13,17H2,1-2H3. The van der Waals surface area contributed by atoms with Crippen LogP contribution in [0.2, 0.25) is 10.0 Å². The SMILES string of the molecule is CC(Cc1cc(Cl)c(OCCCl)c(Cl)c1)c1ccc(OCc2nn(C3CCCCO3)cc2NS(C)(=O)=O)cc1. The van der Waals surface area contributed by atoms with Crippen LogP contribution in [0.15, 0.2) is 42.6 Å². The van der Waals surface area contributed by atoms with E-state index in [0.717, 1.165) is 43.1 Å². The van der Waals surface area contributed by atoms with Crippen LogP contribution >= 0.6 is 34.8 Å². The third-order valence-corrected chi connectivity index (χ3v) is 7.61. The number of halogens is 3. The van der Waals surface area contributed by atoms with Crippen LogP contribution in [0, 0.1) is 0 Å². The first kappa shape index (κ1) is 29.8. The molecule has 1 aliphatic heterocycles. The van der Waals surface area contributed by atoms with Gasteiger partial charge in [-0.1, -0.05) is 42.3 Å². The Bertz CT molecular complexity index is 1340. The molecule has 1 aliphatic rings. The summed E-state index contributed by atoms with van der Waals surface area (Å²) in [6.07, 6.45) is 6.15. The second-order valence-corrected chi connectivity index (χ2v) is 12.5. The van der Waals surface area contributed by atoms with Gasteiger partial charge in [-0.25, -0.2) is 13.1 Å². The molecule has 0 saturated carbocycles. The van der Waals surface area contributed by atoms with Crippen molar-refractivity contribution < 1.29 is 22.6 Å². The van der Waals surface area contributed by atoms with E-state index in [-0.39, 0.29) is 18.8 Å². The van der Waals surface area contributed by atoms with Crippen LogP contribution in [0.3, 0.4) is 0 Å². The van der Waals surface area contributed by atoms with Crippen molar-refractivity contribution >= 4 is 50.5 Å². The number of aromatic nitrogens is 2. The highest BCUT2D eigenvalue weighted by Crippen LogP contribution is 2.36. The molecule has 2 aromatic carbocycles. The Balaban J connectivity index is 1.40. The lowest BCUT2D eigenvalue weighted by Crippen LogP contribution is -2.18. The van der Waals surface area contributed by atoms with E-state index in [1.807, 2.05) is 36.4 Å². The van der Waals surface area contributed by atoms with E-state index in [9.17, 15) is 8.42 Å². The summed E-state index contributed by atoms with van der Waals surface area (Å²) in [4.78, 5) is 0. The maximum absolute atomic E-state index is 11.9. The van der Waals surface area contributed by atoms with Gasteiger partial charge in [-0.15, -0.1) is 11.6 Å². The lowest BCUT2D eigenvalue weighted by molar-refractivity contribution is -0.0397. The lowest BCUT2D eigenvalue weighted by atomic mass is 9.93. The molecule has 1 N–H and O–H groups in total. The Morgan fingerprint density at radius 1 is 1.15 bits per heavy atom. The predicted molar refractivity (Wildman–Crippen MR) is 155 cm³/mol. The van der Waals surface area contributed by atoms with Crippen LogP contribution in [0.4, 0.5) is 5.69 Å². The fraction of sp³-hybridized carbons (Fsp3) is 0.444. The molecule has 0 amide bonds. The van der Waals surface area contributed by atoms with Crippen molar-refractivity contribution in [2.24, 2.45) is 0 Å². The summed E-state index contributed by atoms with van der Waals surface area (Å²) in [5, 5.41) is 5.48. The third-order valence-electron chi connectivity index (χ3n) is 6.30. The average Bonchev–Trinajstić information content (AvgIpc) is 3.28. The minimum absolute atomic E-state index is 0.0988. The number of sulfonamides is 1. The Kier molecular flexibility index (Phi) is 10.3. The third kappa shape index (κ3) is 8.41. The van der Waals surface area contributed by atoms with Gasteiger partial charge in [-0.3, -0.25) is 4.72 Å². The molecule has 212 valence electrons. The molecule has 0 radical (unpaired) electrons. The Morgan fingerprint density at radius 3 is 2.49 bits per heavy atom. The smallest absolute Gasteiger partial charge is 0.229 e. The highest BCUT2D eigenvalue weighted by Gasteiger charge is 2.21. The zero-order valence-corrected chi connectivity index (χ0v) is 24.9. The van der Waals surface area contributed by atoms with Gasteiger partial charge in [-0.05, 0) is 67.0 Å². The van der Waals surface area contributed by atoms with Crippen LogP contribution in [0.1, 0.15) is 55.2 Å². The van der Waals surface area contributed by atoms with E-state index >= 15 is 0 Å². The van der Waals surface area contributed by atoms with E-state index in [1.165, 1.54) is 0 Å². The summed E-state index contributed by atoms with van der Waals surface area (Å²) in [5.41, 5.74) is 2.99. The van der Waals surface area contributed by atoms with Gasteiger partial charge in [-0.2, -0.15) is 5.10 Å². The number of rotatable bonds is 12. The molecule has 1 fully saturated rings. The summed E-state index contributed by atoms with van der Waals surface area (Å²) < 4.78 is 45.3. The first-order chi connectivity index (χ1) is 18.6. The fourth-order valence-corrected chi connectivity index (χ4v) is 5.71. The van der Waals surface area contributed by atoms with Gasteiger partial charge in [0, 0.05) is 6.61 Å². The number of hydrogen-bond donors (Lipinski definition) is 1. The predicted octanol–water partition coefficient (Wildman–Crippen LogP) is 6.80. The van der Waals surface area contributed by atoms with Crippen LogP contribution in [0.5, 0.6) is 11.5 Å². The maximum Gasteiger partial charge on any atom is 0.229 e. The molecular weight excluding hydrogens is 585 g/mol. The van der Waals surface area contributed by atoms with Crippen molar-refractivity contribution in [2.75, 3.05) is 30.1 Å². The molecule has 3 aromatic rings. The minimum atomic E-state index is -3.48. The molecule has 8 nitrogen and oxygen atoms in total. The molecule has 0 spiro atoms. The van der Waals surface area contributed by atoms with Crippen molar-refractivity contribution in [1.29, 1.82) is 0 Å². The highest BCUT2D eigenvalue weighted by molar-refractivity contribution is 7.92. The van der Waals surface area contributed by atoms with E-state index in [1.54, 1.807) is 10.9 Å². The van der Waals surface area contributed by atoms with Gasteiger partial charge in [0.15, 0.2) is 5.75 Å². The van der Waals surface area contributed by atoms with E-state index < -0.39 is 10.0 Å². The molecule has 2 heterocycles. The number of nitrogens with zero attached hydrogens (tertiary/aromatic N) is 2. The summed E-state index contributed by atoms with van der Waals surface area (Å²) in [6.45, 7) is 3.21. The van der Waals surface area contributed by atoms with Gasteiger partial charge in [0.05, 0.1) is 34.1 Å². The van der Waals surface area contributed by atoms with Crippen molar-refractivity contribution in [3.63, 3.8) is 0 Å². The molecule has 2 atom stereocenters. The van der Waals surface area contributed by atoms with E-state index in [2.05, 4.69) is 16.7 Å². The zero-order valence-electron chi connectivity index (χ0n) is 21.8. The Morgan fingerprint density at radius 2 is 1.87 bits per heavy atom. The van der Waals surface area contributed by atoms with Crippen LogP contribution in [0.25, 0.3) is 0 Å². The molecule has 0 aliphatic carbocycles. The first-order valence-corrected chi connectivity index (χ1v) is 15.9. The molecule has 1 aromatic heterocycles. The van der Waals surface area contributed by atoms with Crippen LogP contribution < -0.4 is 14.2 Å². The van der Waals surface area contributed by atoms with E-state index in [4.69, 9.17) is 49.0 Å². The minimum Gasteiger partial charge on any atom is -0.489 e. The molecule has 39 heavy (non-hydrogen) atoms. The quantitative estimate of drug-likeness (QED) is 0.225. The van der Waals surface area contributed by atoms with Gasteiger partial charge in [0.25, 0.3) is 0 Å². The first-order valence-electron chi connectivity index (χ1n) is 12.7. The number of nitrogens with one attached hydrogen (secondary N) is 1. The number of benzene rings is 2. The second kappa shape index (κ2) is 13.5. The fourth-order valence-electron chi connectivity index (χ4n) is 4.42. The van der Waals surface area contributed by atoms with Gasteiger partial charge in [0.1, 0.15) is 30.9 Å². The maximum atomic E-state index is 11.9. The number of alkyl halides is 1. The van der Waals surface area contributed by atoms with Crippen LogP contribution in [-0.2, 0) is 27.8 Å².